The molecule has 5 nitrogen and oxygen atoms in total. The van der Waals surface area contributed by atoms with Gasteiger partial charge in [-0.15, -0.1) is 0 Å². The number of aromatic carboxylic acids is 1. The van der Waals surface area contributed by atoms with E-state index in [4.69, 9.17) is 16.3 Å². The Morgan fingerprint density at radius 3 is 3.00 bits per heavy atom. The number of ether oxygens (including phenoxy) is 1. The number of aromatic nitrogens is 2. The van der Waals surface area contributed by atoms with E-state index in [2.05, 4.69) is 5.10 Å². The molecule has 1 aromatic heterocycles. The Morgan fingerprint density at radius 1 is 1.50 bits per heavy atom. The van der Waals surface area contributed by atoms with Gasteiger partial charge < -0.3 is 9.84 Å². The lowest BCUT2D eigenvalue weighted by Crippen LogP contribution is -2.06. The van der Waals surface area contributed by atoms with Crippen LogP contribution in [0, 0.1) is 0 Å². The Hall–Kier alpha value is -1.85. The first-order chi connectivity index (χ1) is 9.65. The number of benzene rings is 1. The molecule has 3 rings (SSSR count). The molecular formula is C14H13ClN2O3. The number of rotatable bonds is 3. The van der Waals surface area contributed by atoms with Crippen LogP contribution in [0.25, 0.3) is 5.69 Å². The van der Waals surface area contributed by atoms with Gasteiger partial charge in [-0.2, -0.15) is 5.10 Å². The quantitative estimate of drug-likeness (QED) is 0.945. The molecule has 2 heterocycles. The molecule has 20 heavy (non-hydrogen) atoms. The van der Waals surface area contributed by atoms with Crippen molar-refractivity contribution >= 4 is 17.6 Å². The van der Waals surface area contributed by atoms with Gasteiger partial charge in [0, 0.05) is 23.7 Å². The molecule has 1 aliphatic rings. The summed E-state index contributed by atoms with van der Waals surface area (Å²) in [7, 11) is 0. The summed E-state index contributed by atoms with van der Waals surface area (Å²) < 4.78 is 6.88. The van der Waals surface area contributed by atoms with Gasteiger partial charge in [0.2, 0.25) is 0 Å². The van der Waals surface area contributed by atoms with E-state index in [1.807, 2.05) is 6.07 Å². The average Bonchev–Trinajstić information content (AvgIpc) is 3.08. The van der Waals surface area contributed by atoms with Gasteiger partial charge in [-0.3, -0.25) is 0 Å². The summed E-state index contributed by atoms with van der Waals surface area (Å²) in [5, 5.41) is 14.3. The largest absolute Gasteiger partial charge is 0.478 e. The smallest absolute Gasteiger partial charge is 0.339 e. The zero-order valence-electron chi connectivity index (χ0n) is 10.6. The van der Waals surface area contributed by atoms with E-state index in [9.17, 15) is 9.90 Å². The van der Waals surface area contributed by atoms with E-state index in [1.165, 1.54) is 6.20 Å². The van der Waals surface area contributed by atoms with Crippen molar-refractivity contribution in [1.29, 1.82) is 0 Å². The number of hydrogen-bond acceptors (Lipinski definition) is 3. The molecule has 0 amide bonds. The van der Waals surface area contributed by atoms with E-state index in [-0.39, 0.29) is 11.5 Å². The van der Waals surface area contributed by atoms with Gasteiger partial charge in [-0.1, -0.05) is 17.7 Å². The lowest BCUT2D eigenvalue weighted by molar-refractivity contribution is 0.0695. The Kier molecular flexibility index (Phi) is 3.46. The molecule has 0 aliphatic carbocycles. The second-order valence-corrected chi connectivity index (χ2v) is 5.15. The van der Waals surface area contributed by atoms with Crippen LogP contribution in [0.15, 0.2) is 30.5 Å². The fourth-order valence-electron chi connectivity index (χ4n) is 2.35. The van der Waals surface area contributed by atoms with E-state index < -0.39 is 5.97 Å². The number of carbonyl (C=O) groups is 1. The molecule has 6 heteroatoms. The minimum atomic E-state index is -0.972. The van der Waals surface area contributed by atoms with Crippen molar-refractivity contribution in [1.82, 2.24) is 9.78 Å². The second-order valence-electron chi connectivity index (χ2n) is 4.72. The predicted octanol–water partition coefficient (Wildman–Crippen LogP) is 2.73. The highest BCUT2D eigenvalue weighted by atomic mass is 35.5. The van der Waals surface area contributed by atoms with Crippen LogP contribution < -0.4 is 0 Å². The highest BCUT2D eigenvalue weighted by Crippen LogP contribution is 2.28. The Balaban J connectivity index is 2.05. The van der Waals surface area contributed by atoms with Crippen LogP contribution in [0.4, 0.5) is 0 Å². The molecule has 1 aliphatic heterocycles. The molecule has 1 unspecified atom stereocenters. The van der Waals surface area contributed by atoms with Crippen molar-refractivity contribution in [2.75, 3.05) is 13.2 Å². The fraction of sp³-hybridized carbons (Fsp3) is 0.286. The maximum Gasteiger partial charge on any atom is 0.339 e. The number of carboxylic acid groups (broad SMARTS) is 1. The molecule has 0 spiro atoms. The minimum Gasteiger partial charge on any atom is -0.478 e. The van der Waals surface area contributed by atoms with Gasteiger partial charge in [-0.25, -0.2) is 9.48 Å². The SMILES string of the molecule is O=C(O)c1cn(-c2cccc(Cl)c2)nc1C1CCOC1. The number of hydrogen-bond donors (Lipinski definition) is 1. The topological polar surface area (TPSA) is 64.3 Å². The molecule has 104 valence electrons. The standard InChI is InChI=1S/C14H13ClN2O3/c15-10-2-1-3-11(6-10)17-7-12(14(18)19)13(16-17)9-4-5-20-8-9/h1-3,6-7,9H,4-5,8H2,(H,18,19). The second kappa shape index (κ2) is 5.26. The van der Waals surface area contributed by atoms with Gasteiger partial charge in [0.15, 0.2) is 0 Å². The first-order valence-electron chi connectivity index (χ1n) is 6.31. The van der Waals surface area contributed by atoms with Crippen LogP contribution >= 0.6 is 11.6 Å². The first kappa shape index (κ1) is 13.1. The van der Waals surface area contributed by atoms with E-state index >= 15 is 0 Å². The molecule has 2 aromatic rings. The van der Waals surface area contributed by atoms with Gasteiger partial charge >= 0.3 is 5.97 Å². The van der Waals surface area contributed by atoms with Crippen molar-refractivity contribution in [3.63, 3.8) is 0 Å². The zero-order chi connectivity index (χ0) is 14.1. The summed E-state index contributed by atoms with van der Waals surface area (Å²) in [5.41, 5.74) is 1.54. The Labute approximate surface area is 120 Å². The molecule has 1 aromatic carbocycles. The monoisotopic (exact) mass is 292 g/mol. The van der Waals surface area contributed by atoms with Gasteiger partial charge in [0.05, 0.1) is 18.0 Å². The van der Waals surface area contributed by atoms with Crippen LogP contribution in [0.5, 0.6) is 0 Å². The van der Waals surface area contributed by atoms with Crippen molar-refractivity contribution in [3.8, 4) is 5.69 Å². The summed E-state index contributed by atoms with van der Waals surface area (Å²) in [5.74, 6) is -0.929. The van der Waals surface area contributed by atoms with Crippen LogP contribution in [0.3, 0.4) is 0 Å². The summed E-state index contributed by atoms with van der Waals surface area (Å²) in [6, 6.07) is 7.14. The molecular weight excluding hydrogens is 280 g/mol. The lowest BCUT2D eigenvalue weighted by Gasteiger charge is -2.05. The van der Waals surface area contributed by atoms with Gasteiger partial charge in [0.25, 0.3) is 0 Å². The predicted molar refractivity (Wildman–Crippen MR) is 73.7 cm³/mol. The van der Waals surface area contributed by atoms with Crippen LogP contribution in [-0.2, 0) is 4.74 Å². The lowest BCUT2D eigenvalue weighted by atomic mass is 10.0. The van der Waals surface area contributed by atoms with E-state index in [0.717, 1.165) is 12.1 Å². The summed E-state index contributed by atoms with van der Waals surface area (Å²) >= 11 is 5.95. The van der Waals surface area contributed by atoms with Crippen molar-refractivity contribution in [2.45, 2.75) is 12.3 Å². The molecule has 0 radical (unpaired) electrons. The first-order valence-corrected chi connectivity index (χ1v) is 6.69. The third-order valence-corrected chi connectivity index (χ3v) is 3.60. The normalized spacial score (nSPS) is 18.4. The maximum atomic E-state index is 11.4. The number of halogens is 1. The zero-order valence-corrected chi connectivity index (χ0v) is 11.4. The Bertz CT molecular complexity index is 648. The van der Waals surface area contributed by atoms with Gasteiger partial charge in [-0.05, 0) is 24.6 Å². The van der Waals surface area contributed by atoms with Crippen molar-refractivity contribution in [2.24, 2.45) is 0 Å². The molecule has 1 fully saturated rings. The number of nitrogens with zero attached hydrogens (tertiary/aromatic N) is 2. The molecule has 0 bridgehead atoms. The number of carboxylic acids is 1. The van der Waals surface area contributed by atoms with Crippen LogP contribution in [0.1, 0.15) is 28.4 Å². The third-order valence-electron chi connectivity index (χ3n) is 3.36. The van der Waals surface area contributed by atoms with Crippen LogP contribution in [0.2, 0.25) is 5.02 Å². The Morgan fingerprint density at radius 2 is 2.35 bits per heavy atom. The summed E-state index contributed by atoms with van der Waals surface area (Å²) in [6.07, 6.45) is 2.33. The minimum absolute atomic E-state index is 0.0431. The maximum absolute atomic E-state index is 11.4. The van der Waals surface area contributed by atoms with E-state index in [1.54, 1.807) is 22.9 Å². The average molecular weight is 293 g/mol. The highest BCUT2D eigenvalue weighted by molar-refractivity contribution is 6.30. The van der Waals surface area contributed by atoms with Crippen molar-refractivity contribution < 1.29 is 14.6 Å². The van der Waals surface area contributed by atoms with Crippen LogP contribution in [-0.4, -0.2) is 34.1 Å². The molecule has 1 saturated heterocycles. The van der Waals surface area contributed by atoms with Crippen molar-refractivity contribution in [3.05, 3.63) is 46.7 Å². The third kappa shape index (κ3) is 2.42. The highest BCUT2D eigenvalue weighted by Gasteiger charge is 2.27. The van der Waals surface area contributed by atoms with E-state index in [0.29, 0.717) is 23.9 Å². The molecule has 1 atom stereocenters. The molecule has 1 N–H and O–H groups in total. The van der Waals surface area contributed by atoms with Gasteiger partial charge in [0.1, 0.15) is 5.56 Å². The summed E-state index contributed by atoms with van der Waals surface area (Å²) in [4.78, 5) is 11.4. The fourth-order valence-corrected chi connectivity index (χ4v) is 2.54. The summed E-state index contributed by atoms with van der Waals surface area (Å²) in [6.45, 7) is 1.17. The molecule has 0 saturated carbocycles.